The van der Waals surface area contributed by atoms with E-state index in [-0.39, 0.29) is 29.7 Å². The Kier molecular flexibility index (Phi) is 12.1. The molecule has 0 spiro atoms. The highest BCUT2D eigenvalue weighted by molar-refractivity contribution is 14.0. The van der Waals surface area contributed by atoms with Gasteiger partial charge in [-0.15, -0.1) is 24.0 Å². The molecule has 0 saturated heterocycles. The van der Waals surface area contributed by atoms with Crippen molar-refractivity contribution in [2.45, 2.75) is 26.8 Å². The van der Waals surface area contributed by atoms with Gasteiger partial charge in [0.25, 0.3) is 0 Å². The molecule has 1 aromatic heterocycles. The van der Waals surface area contributed by atoms with Crippen LogP contribution in [0.25, 0.3) is 0 Å². The molecule has 0 saturated carbocycles. The van der Waals surface area contributed by atoms with Crippen molar-refractivity contribution in [3.8, 4) is 11.5 Å². The lowest BCUT2D eigenvalue weighted by Crippen LogP contribution is -2.38. The smallest absolute Gasteiger partial charge is 0.191 e. The lowest BCUT2D eigenvalue weighted by atomic mass is 10.2. The number of ether oxygens (including phenoxy) is 2. The number of aliphatic imine (C=N–C) groups is 1. The van der Waals surface area contributed by atoms with Crippen LogP contribution in [-0.2, 0) is 11.3 Å². The fraction of sp³-hybridized carbons (Fsp3) is 0.400. The van der Waals surface area contributed by atoms with Crippen molar-refractivity contribution in [3.63, 3.8) is 0 Å². The summed E-state index contributed by atoms with van der Waals surface area (Å²) >= 11 is 0. The molecule has 0 unspecified atom stereocenters. The van der Waals surface area contributed by atoms with Crippen LogP contribution in [0.5, 0.6) is 11.5 Å². The zero-order valence-corrected chi connectivity index (χ0v) is 18.6. The van der Waals surface area contributed by atoms with E-state index in [1.165, 1.54) is 12.3 Å². The van der Waals surface area contributed by atoms with Crippen LogP contribution in [0.2, 0.25) is 0 Å². The van der Waals surface area contributed by atoms with Crippen molar-refractivity contribution in [3.05, 3.63) is 54.1 Å². The van der Waals surface area contributed by atoms with Crippen LogP contribution in [-0.4, -0.2) is 37.2 Å². The molecule has 1 heterocycles. The molecule has 0 amide bonds. The van der Waals surface area contributed by atoms with Gasteiger partial charge in [-0.2, -0.15) is 0 Å². The molecule has 0 bridgehead atoms. The fourth-order valence-electron chi connectivity index (χ4n) is 2.30. The van der Waals surface area contributed by atoms with Gasteiger partial charge in [-0.25, -0.2) is 9.38 Å². The molecule has 2 rings (SSSR count). The lowest BCUT2D eigenvalue weighted by molar-refractivity contribution is 0.145. The Morgan fingerprint density at radius 2 is 2.07 bits per heavy atom. The summed E-state index contributed by atoms with van der Waals surface area (Å²) < 4.78 is 25.1. The third-order valence-electron chi connectivity index (χ3n) is 3.58. The van der Waals surface area contributed by atoms with E-state index in [0.29, 0.717) is 24.9 Å². The van der Waals surface area contributed by atoms with Crippen molar-refractivity contribution < 1.29 is 13.9 Å². The Balaban J connectivity index is 0.00000392. The van der Waals surface area contributed by atoms with E-state index in [9.17, 15) is 4.39 Å². The molecule has 2 aromatic rings. The van der Waals surface area contributed by atoms with E-state index in [2.05, 4.69) is 20.6 Å². The molecule has 2 N–H and O–H groups in total. The van der Waals surface area contributed by atoms with Gasteiger partial charge in [0.1, 0.15) is 5.75 Å². The molecule has 1 aromatic carbocycles. The maximum absolute atomic E-state index is 14.3. The molecule has 0 atom stereocenters. The summed E-state index contributed by atoms with van der Waals surface area (Å²) in [6.07, 6.45) is 4.07. The molecule has 0 radical (unpaired) electrons. The molecular weight excluding hydrogens is 474 g/mol. The van der Waals surface area contributed by atoms with Gasteiger partial charge in [0.05, 0.1) is 12.7 Å². The Morgan fingerprint density at radius 1 is 1.21 bits per heavy atom. The maximum atomic E-state index is 14.3. The molecule has 8 heteroatoms. The second-order valence-corrected chi connectivity index (χ2v) is 5.73. The molecule has 0 aliphatic carbocycles. The van der Waals surface area contributed by atoms with Crippen LogP contribution in [0.4, 0.5) is 4.39 Å². The normalized spacial score (nSPS) is 10.9. The number of hydrogen-bond donors (Lipinski definition) is 2. The van der Waals surface area contributed by atoms with Gasteiger partial charge in [0, 0.05) is 32.5 Å². The molecular formula is C20H28FIN4O2. The molecule has 154 valence electrons. The lowest BCUT2D eigenvalue weighted by Gasteiger charge is -2.11. The van der Waals surface area contributed by atoms with E-state index in [0.717, 1.165) is 31.7 Å². The van der Waals surface area contributed by atoms with Crippen LogP contribution in [0.3, 0.4) is 0 Å². The predicted octanol–water partition coefficient (Wildman–Crippen LogP) is 4.11. The average molecular weight is 502 g/mol. The molecule has 28 heavy (non-hydrogen) atoms. The van der Waals surface area contributed by atoms with Crippen LogP contribution >= 0.6 is 24.0 Å². The second-order valence-electron chi connectivity index (χ2n) is 5.73. The van der Waals surface area contributed by atoms with E-state index in [4.69, 9.17) is 9.47 Å². The third-order valence-corrected chi connectivity index (χ3v) is 3.58. The van der Waals surface area contributed by atoms with Crippen LogP contribution in [0, 0.1) is 5.82 Å². The van der Waals surface area contributed by atoms with Crippen molar-refractivity contribution in [2.24, 2.45) is 4.99 Å². The number of nitrogens with one attached hydrogen (secondary N) is 2. The Labute approximate surface area is 183 Å². The maximum Gasteiger partial charge on any atom is 0.191 e. The summed E-state index contributed by atoms with van der Waals surface area (Å²) in [4.78, 5) is 8.44. The van der Waals surface area contributed by atoms with Gasteiger partial charge >= 0.3 is 0 Å². The van der Waals surface area contributed by atoms with Crippen molar-refractivity contribution >= 4 is 29.9 Å². The van der Waals surface area contributed by atoms with Gasteiger partial charge in [-0.05, 0) is 50.1 Å². The fourth-order valence-corrected chi connectivity index (χ4v) is 2.30. The molecule has 0 aliphatic heterocycles. The highest BCUT2D eigenvalue weighted by atomic mass is 127. The molecule has 6 nitrogen and oxygen atoms in total. The first-order valence-electron chi connectivity index (χ1n) is 9.19. The van der Waals surface area contributed by atoms with Crippen molar-refractivity contribution in [1.82, 2.24) is 15.6 Å². The summed E-state index contributed by atoms with van der Waals surface area (Å²) in [5, 5.41) is 6.42. The third kappa shape index (κ3) is 8.83. The van der Waals surface area contributed by atoms with Gasteiger partial charge < -0.3 is 20.1 Å². The zero-order valence-electron chi connectivity index (χ0n) is 16.3. The van der Waals surface area contributed by atoms with Crippen molar-refractivity contribution in [2.75, 3.05) is 26.3 Å². The number of benzene rings is 1. The first-order chi connectivity index (χ1) is 13.2. The predicted molar refractivity (Wildman–Crippen MR) is 120 cm³/mol. The minimum Gasteiger partial charge on any atom is -0.453 e. The number of aromatic nitrogens is 1. The highest BCUT2D eigenvalue weighted by Crippen LogP contribution is 2.24. The van der Waals surface area contributed by atoms with Crippen LogP contribution in [0.1, 0.15) is 25.8 Å². The van der Waals surface area contributed by atoms with Crippen LogP contribution < -0.4 is 15.4 Å². The largest absolute Gasteiger partial charge is 0.453 e. The van der Waals surface area contributed by atoms with Crippen molar-refractivity contribution in [1.29, 1.82) is 0 Å². The number of nitrogens with zero attached hydrogens (tertiary/aromatic N) is 2. The summed E-state index contributed by atoms with van der Waals surface area (Å²) in [7, 11) is 0. The number of hydrogen-bond acceptors (Lipinski definition) is 4. The van der Waals surface area contributed by atoms with E-state index in [1.807, 2.05) is 13.8 Å². The van der Waals surface area contributed by atoms with Gasteiger partial charge in [0.15, 0.2) is 17.5 Å². The zero-order chi connectivity index (χ0) is 19.3. The molecule has 0 aliphatic rings. The Morgan fingerprint density at radius 3 is 2.75 bits per heavy atom. The summed E-state index contributed by atoms with van der Waals surface area (Å²) in [6, 6.07) is 8.31. The second kappa shape index (κ2) is 14.1. The monoisotopic (exact) mass is 502 g/mol. The first kappa shape index (κ1) is 24.1. The number of halogens is 2. The summed E-state index contributed by atoms with van der Waals surface area (Å²) in [5.41, 5.74) is 0.762. The van der Waals surface area contributed by atoms with Gasteiger partial charge in [-0.1, -0.05) is 6.07 Å². The standard InChI is InChI=1S/C20H27FN4O2.HI/c1-3-23-20(24-11-6-12-26-4-2)25-14-16-8-9-19(18(21)13-16)27-17-7-5-10-22-15-17;/h5,7-10,13,15H,3-4,6,11-12,14H2,1-2H3,(H2,23,24,25);1H. The Bertz CT molecular complexity index is 717. The quantitative estimate of drug-likeness (QED) is 0.222. The summed E-state index contributed by atoms with van der Waals surface area (Å²) in [5.74, 6) is 0.927. The van der Waals surface area contributed by atoms with E-state index >= 15 is 0 Å². The highest BCUT2D eigenvalue weighted by Gasteiger charge is 2.06. The molecule has 0 fully saturated rings. The Hall–Kier alpha value is -1.94. The van der Waals surface area contributed by atoms with Gasteiger partial charge in [0.2, 0.25) is 0 Å². The summed E-state index contributed by atoms with van der Waals surface area (Å²) in [6.45, 7) is 7.30. The average Bonchev–Trinajstić information content (AvgIpc) is 2.68. The van der Waals surface area contributed by atoms with Gasteiger partial charge in [-0.3, -0.25) is 4.98 Å². The minimum absolute atomic E-state index is 0. The topological polar surface area (TPSA) is 67.8 Å². The van der Waals surface area contributed by atoms with Crippen LogP contribution in [0.15, 0.2) is 47.7 Å². The first-order valence-corrected chi connectivity index (χ1v) is 9.19. The van der Waals surface area contributed by atoms with E-state index in [1.54, 1.807) is 30.5 Å². The SMILES string of the molecule is CCNC(=NCc1ccc(Oc2cccnc2)c(F)c1)NCCCOCC.I. The van der Waals surface area contributed by atoms with E-state index < -0.39 is 5.82 Å². The minimum atomic E-state index is -0.429. The number of guanidine groups is 1. The number of rotatable bonds is 10. The number of pyridine rings is 1.